The van der Waals surface area contributed by atoms with Crippen LogP contribution in [0.15, 0.2) is 29.5 Å². The number of fused-ring (bicyclic) bond motifs is 1. The van der Waals surface area contributed by atoms with Crippen LogP contribution in [0.5, 0.6) is 0 Å². The van der Waals surface area contributed by atoms with Crippen LogP contribution in [0.2, 0.25) is 0 Å². The number of carbonyl (C=O) groups is 1. The van der Waals surface area contributed by atoms with Crippen molar-refractivity contribution in [3.05, 3.63) is 41.3 Å². The van der Waals surface area contributed by atoms with Gasteiger partial charge in [0, 0.05) is 38.4 Å². The Balaban J connectivity index is 1.66. The van der Waals surface area contributed by atoms with Gasteiger partial charge in [0.1, 0.15) is 17.7 Å². The van der Waals surface area contributed by atoms with E-state index in [4.69, 9.17) is 4.99 Å². The molecule has 1 aromatic carbocycles. The van der Waals surface area contributed by atoms with Crippen molar-refractivity contribution in [3.63, 3.8) is 0 Å². The lowest BCUT2D eigenvalue weighted by molar-refractivity contribution is -0.125. The van der Waals surface area contributed by atoms with Gasteiger partial charge in [-0.2, -0.15) is 0 Å². The highest BCUT2D eigenvalue weighted by atomic mass is 16.2. The summed E-state index contributed by atoms with van der Waals surface area (Å²) in [6.45, 7) is 9.92. The smallest absolute Gasteiger partial charge is 0.268 e. The summed E-state index contributed by atoms with van der Waals surface area (Å²) in [4.78, 5) is 32.8. The number of hydrogen-bond acceptors (Lipinski definition) is 6. The zero-order chi connectivity index (χ0) is 20.5. The van der Waals surface area contributed by atoms with Gasteiger partial charge in [-0.25, -0.2) is 15.0 Å². The van der Waals surface area contributed by atoms with E-state index in [1.165, 1.54) is 11.1 Å². The highest BCUT2D eigenvalue weighted by Gasteiger charge is 2.26. The maximum atomic E-state index is 12.9. The molecule has 2 aliphatic rings. The van der Waals surface area contributed by atoms with E-state index in [-0.39, 0.29) is 5.91 Å². The first-order chi connectivity index (χ1) is 13.9. The Kier molecular flexibility index (Phi) is 5.32. The third-order valence-corrected chi connectivity index (χ3v) is 5.75. The molecule has 1 amide bonds. The number of aryl methyl sites for hydroxylation is 2. The number of aromatic nitrogens is 2. The van der Waals surface area contributed by atoms with Crippen molar-refractivity contribution in [2.45, 2.75) is 27.2 Å². The van der Waals surface area contributed by atoms with Gasteiger partial charge in [0.15, 0.2) is 5.82 Å². The Morgan fingerprint density at radius 3 is 2.59 bits per heavy atom. The van der Waals surface area contributed by atoms with Gasteiger partial charge < -0.3 is 14.7 Å². The SMILES string of the molecule is CC(=Nc1c(C)ncnc1N1CCc2cc(C)ccc21)C(=O)N1CCN(C)CC1. The van der Waals surface area contributed by atoms with Crippen molar-refractivity contribution in [1.82, 2.24) is 19.8 Å². The lowest BCUT2D eigenvalue weighted by Gasteiger charge is -2.32. The topological polar surface area (TPSA) is 64.9 Å². The van der Waals surface area contributed by atoms with E-state index in [1.807, 2.05) is 11.8 Å². The maximum Gasteiger partial charge on any atom is 0.268 e. The molecule has 152 valence electrons. The fraction of sp³-hybridized carbons (Fsp3) is 0.455. The molecule has 0 aliphatic carbocycles. The number of benzene rings is 1. The van der Waals surface area contributed by atoms with Crippen molar-refractivity contribution in [2.75, 3.05) is 44.7 Å². The maximum absolute atomic E-state index is 12.9. The third kappa shape index (κ3) is 3.87. The second-order valence-electron chi connectivity index (χ2n) is 7.96. The molecule has 29 heavy (non-hydrogen) atoms. The van der Waals surface area contributed by atoms with Crippen molar-refractivity contribution >= 4 is 28.8 Å². The molecule has 2 aliphatic heterocycles. The van der Waals surface area contributed by atoms with Gasteiger partial charge in [0.05, 0.1) is 5.69 Å². The van der Waals surface area contributed by atoms with Gasteiger partial charge in [-0.05, 0) is 45.9 Å². The summed E-state index contributed by atoms with van der Waals surface area (Å²) in [6.07, 6.45) is 2.55. The number of rotatable bonds is 3. The number of aliphatic imine (C=N–C) groups is 1. The first kappa shape index (κ1) is 19.5. The van der Waals surface area contributed by atoms with Gasteiger partial charge in [-0.15, -0.1) is 0 Å². The number of piperazine rings is 1. The first-order valence-electron chi connectivity index (χ1n) is 10.2. The van der Waals surface area contributed by atoms with Crippen LogP contribution in [0.3, 0.4) is 0 Å². The molecule has 1 fully saturated rings. The number of hydrogen-bond donors (Lipinski definition) is 0. The van der Waals surface area contributed by atoms with Gasteiger partial charge in [0.25, 0.3) is 5.91 Å². The molecule has 0 spiro atoms. The summed E-state index contributed by atoms with van der Waals surface area (Å²) in [5, 5.41) is 0. The predicted molar refractivity (Wildman–Crippen MR) is 116 cm³/mol. The van der Waals surface area contributed by atoms with Gasteiger partial charge >= 0.3 is 0 Å². The summed E-state index contributed by atoms with van der Waals surface area (Å²) in [7, 11) is 2.08. The van der Waals surface area contributed by atoms with Crippen molar-refractivity contribution in [1.29, 1.82) is 0 Å². The molecule has 0 saturated carbocycles. The molecule has 0 unspecified atom stereocenters. The van der Waals surface area contributed by atoms with E-state index in [2.05, 4.69) is 51.9 Å². The number of likely N-dealkylation sites (N-methyl/N-ethyl adjacent to an activating group) is 1. The van der Waals surface area contributed by atoms with E-state index in [0.29, 0.717) is 11.4 Å². The number of nitrogens with zero attached hydrogens (tertiary/aromatic N) is 6. The van der Waals surface area contributed by atoms with Crippen LogP contribution in [-0.4, -0.2) is 71.2 Å². The van der Waals surface area contributed by atoms with Crippen molar-refractivity contribution < 1.29 is 4.79 Å². The quantitative estimate of drug-likeness (QED) is 0.752. The molecule has 0 bridgehead atoms. The van der Waals surface area contributed by atoms with E-state index in [0.717, 1.165) is 56.3 Å². The Labute approximate surface area is 172 Å². The molecular formula is C22H28N6O. The zero-order valence-corrected chi connectivity index (χ0v) is 17.6. The van der Waals surface area contributed by atoms with Gasteiger partial charge in [-0.3, -0.25) is 4.79 Å². The summed E-state index contributed by atoms with van der Waals surface area (Å²) < 4.78 is 0. The largest absolute Gasteiger partial charge is 0.335 e. The fourth-order valence-electron chi connectivity index (χ4n) is 3.99. The fourth-order valence-corrected chi connectivity index (χ4v) is 3.99. The molecule has 4 rings (SSSR count). The lowest BCUT2D eigenvalue weighted by atomic mass is 10.1. The zero-order valence-electron chi connectivity index (χ0n) is 17.6. The molecule has 0 N–H and O–H groups in total. The Morgan fingerprint density at radius 1 is 1.07 bits per heavy atom. The number of amides is 1. The average molecular weight is 393 g/mol. The molecule has 0 radical (unpaired) electrons. The number of carbonyl (C=O) groups excluding carboxylic acids is 1. The van der Waals surface area contributed by atoms with Crippen LogP contribution >= 0.6 is 0 Å². The lowest BCUT2D eigenvalue weighted by Crippen LogP contribution is -2.48. The van der Waals surface area contributed by atoms with Crippen LogP contribution < -0.4 is 4.90 Å². The molecule has 2 aromatic rings. The minimum absolute atomic E-state index is 0.00949. The third-order valence-electron chi connectivity index (χ3n) is 5.75. The normalized spacial score (nSPS) is 17.6. The van der Waals surface area contributed by atoms with E-state index in [9.17, 15) is 4.79 Å². The van der Waals surface area contributed by atoms with Crippen LogP contribution in [-0.2, 0) is 11.2 Å². The summed E-state index contributed by atoms with van der Waals surface area (Å²) in [5.41, 5.74) is 5.69. The first-order valence-corrected chi connectivity index (χ1v) is 10.2. The average Bonchev–Trinajstić information content (AvgIpc) is 3.12. The monoisotopic (exact) mass is 392 g/mol. The minimum Gasteiger partial charge on any atom is -0.335 e. The van der Waals surface area contributed by atoms with Crippen molar-refractivity contribution in [2.24, 2.45) is 4.99 Å². The predicted octanol–water partition coefficient (Wildman–Crippen LogP) is 2.65. The van der Waals surface area contributed by atoms with Crippen molar-refractivity contribution in [3.8, 4) is 0 Å². The van der Waals surface area contributed by atoms with E-state index >= 15 is 0 Å². The summed E-state index contributed by atoms with van der Waals surface area (Å²) >= 11 is 0. The second kappa shape index (κ2) is 7.91. The molecule has 1 aromatic heterocycles. The number of anilines is 2. The van der Waals surface area contributed by atoms with Crippen LogP contribution in [0, 0.1) is 13.8 Å². The van der Waals surface area contributed by atoms with Crippen LogP contribution in [0.4, 0.5) is 17.2 Å². The Bertz CT molecular complexity index is 962. The standard InChI is InChI=1S/C22H28N6O/c1-15-5-6-19-18(13-15)7-8-28(19)21-20(16(2)23-14-24-21)25-17(3)22(29)27-11-9-26(4)10-12-27/h5-6,13-14H,7-12H2,1-4H3. The van der Waals surface area contributed by atoms with E-state index < -0.39 is 0 Å². The summed E-state index contributed by atoms with van der Waals surface area (Å²) in [5.74, 6) is 0.760. The minimum atomic E-state index is -0.00949. The highest BCUT2D eigenvalue weighted by molar-refractivity contribution is 6.38. The molecule has 1 saturated heterocycles. The van der Waals surface area contributed by atoms with Crippen LogP contribution in [0.25, 0.3) is 0 Å². The molecule has 7 nitrogen and oxygen atoms in total. The second-order valence-corrected chi connectivity index (χ2v) is 7.96. The summed E-state index contributed by atoms with van der Waals surface area (Å²) in [6, 6.07) is 6.50. The Hall–Kier alpha value is -2.80. The molecule has 3 heterocycles. The molecule has 7 heteroatoms. The van der Waals surface area contributed by atoms with Crippen LogP contribution in [0.1, 0.15) is 23.7 Å². The van der Waals surface area contributed by atoms with Gasteiger partial charge in [0.2, 0.25) is 0 Å². The van der Waals surface area contributed by atoms with E-state index in [1.54, 1.807) is 13.3 Å². The van der Waals surface area contributed by atoms with Gasteiger partial charge in [-0.1, -0.05) is 17.7 Å². The molecule has 0 atom stereocenters. The molecular weight excluding hydrogens is 364 g/mol. The Morgan fingerprint density at radius 2 is 1.83 bits per heavy atom. The highest BCUT2D eigenvalue weighted by Crippen LogP contribution is 2.39.